The van der Waals surface area contributed by atoms with Crippen LogP contribution >= 0.6 is 34.5 Å². The largest absolute Gasteiger partial charge is 0.241 e. The van der Waals surface area contributed by atoms with Crippen LogP contribution in [0.3, 0.4) is 0 Å². The van der Waals surface area contributed by atoms with Gasteiger partial charge in [-0.15, -0.1) is 11.3 Å². The van der Waals surface area contributed by atoms with Gasteiger partial charge in [0.05, 0.1) is 15.7 Å². The number of thiazole rings is 1. The van der Waals surface area contributed by atoms with Crippen LogP contribution in [0, 0.1) is 5.92 Å². The van der Waals surface area contributed by atoms with Crippen LogP contribution in [0.5, 0.6) is 0 Å². The van der Waals surface area contributed by atoms with Crippen molar-refractivity contribution in [2.24, 2.45) is 5.92 Å². The number of hydrogen-bond donors (Lipinski definition) is 0. The molecule has 0 atom stereocenters. The Bertz CT molecular complexity index is 520. The Morgan fingerprint density at radius 1 is 1.29 bits per heavy atom. The maximum atomic E-state index is 6.16. The van der Waals surface area contributed by atoms with E-state index in [1.54, 1.807) is 17.4 Å². The van der Waals surface area contributed by atoms with Crippen LogP contribution in [0.25, 0.3) is 11.3 Å². The molecule has 4 heteroatoms. The van der Waals surface area contributed by atoms with Crippen molar-refractivity contribution in [1.82, 2.24) is 4.98 Å². The van der Waals surface area contributed by atoms with Crippen LogP contribution in [0.2, 0.25) is 10.0 Å². The normalized spacial score (nSPS) is 11.1. The molecule has 0 saturated carbocycles. The van der Waals surface area contributed by atoms with Gasteiger partial charge >= 0.3 is 0 Å². The number of halogens is 2. The average molecular weight is 286 g/mol. The summed E-state index contributed by atoms with van der Waals surface area (Å²) in [7, 11) is 0. The van der Waals surface area contributed by atoms with Gasteiger partial charge in [-0.05, 0) is 24.1 Å². The molecule has 90 valence electrons. The topological polar surface area (TPSA) is 12.9 Å². The maximum absolute atomic E-state index is 6.16. The Morgan fingerprint density at radius 3 is 2.71 bits per heavy atom. The Kier molecular flexibility index (Phi) is 4.08. The Morgan fingerprint density at radius 2 is 2.06 bits per heavy atom. The lowest BCUT2D eigenvalue weighted by Gasteiger charge is -2.01. The Hall–Kier alpha value is -0.570. The summed E-state index contributed by atoms with van der Waals surface area (Å²) in [5.41, 5.74) is 1.88. The van der Waals surface area contributed by atoms with Crippen molar-refractivity contribution in [3.8, 4) is 11.3 Å². The highest BCUT2D eigenvalue weighted by Crippen LogP contribution is 2.31. The highest BCUT2D eigenvalue weighted by molar-refractivity contribution is 7.09. The third kappa shape index (κ3) is 3.21. The number of benzene rings is 1. The number of hydrogen-bond acceptors (Lipinski definition) is 2. The predicted molar refractivity (Wildman–Crippen MR) is 76.1 cm³/mol. The van der Waals surface area contributed by atoms with Gasteiger partial charge in [-0.2, -0.15) is 0 Å². The summed E-state index contributed by atoms with van der Waals surface area (Å²) >= 11 is 13.7. The summed E-state index contributed by atoms with van der Waals surface area (Å²) in [6.45, 7) is 4.38. The molecule has 0 aliphatic heterocycles. The van der Waals surface area contributed by atoms with Crippen molar-refractivity contribution in [3.63, 3.8) is 0 Å². The van der Waals surface area contributed by atoms with Crippen LogP contribution < -0.4 is 0 Å². The van der Waals surface area contributed by atoms with Gasteiger partial charge < -0.3 is 0 Å². The Balaban J connectivity index is 2.30. The molecule has 0 aliphatic rings. The molecule has 0 N–H and O–H groups in total. The molecule has 2 rings (SSSR count). The van der Waals surface area contributed by atoms with E-state index in [-0.39, 0.29) is 0 Å². The second kappa shape index (κ2) is 5.38. The van der Waals surface area contributed by atoms with Gasteiger partial charge in [0.25, 0.3) is 0 Å². The third-order valence-corrected chi connectivity index (χ3v) is 3.76. The summed E-state index contributed by atoms with van der Waals surface area (Å²) in [4.78, 5) is 4.60. The van der Waals surface area contributed by atoms with E-state index in [2.05, 4.69) is 18.8 Å². The second-order valence-electron chi connectivity index (χ2n) is 4.35. The molecule has 1 heterocycles. The van der Waals surface area contributed by atoms with Crippen LogP contribution in [-0.4, -0.2) is 4.98 Å². The van der Waals surface area contributed by atoms with Crippen LogP contribution in [0.4, 0.5) is 0 Å². The summed E-state index contributed by atoms with van der Waals surface area (Å²) in [5.74, 6) is 0.620. The average Bonchev–Trinajstić information content (AvgIpc) is 2.65. The van der Waals surface area contributed by atoms with Crippen molar-refractivity contribution in [2.75, 3.05) is 0 Å². The summed E-state index contributed by atoms with van der Waals surface area (Å²) in [6.07, 6.45) is 1.01. The minimum Gasteiger partial charge on any atom is -0.241 e. The van der Waals surface area contributed by atoms with Crippen molar-refractivity contribution in [1.29, 1.82) is 0 Å². The van der Waals surface area contributed by atoms with E-state index in [9.17, 15) is 0 Å². The highest BCUT2D eigenvalue weighted by atomic mass is 35.5. The Labute approximate surface area is 115 Å². The molecule has 0 amide bonds. The molecule has 0 bridgehead atoms. The fourth-order valence-electron chi connectivity index (χ4n) is 1.57. The maximum Gasteiger partial charge on any atom is 0.0935 e. The standard InChI is InChI=1S/C13H13Cl2NS/c1-8(2)5-13-16-12(7-17-13)10-4-3-9(14)6-11(10)15/h3-4,6-8H,5H2,1-2H3. The van der Waals surface area contributed by atoms with Crippen molar-refractivity contribution in [2.45, 2.75) is 20.3 Å². The van der Waals surface area contributed by atoms with E-state index in [1.165, 1.54) is 0 Å². The molecule has 1 nitrogen and oxygen atoms in total. The molecule has 0 radical (unpaired) electrons. The first-order valence-electron chi connectivity index (χ1n) is 5.46. The molecule has 0 aliphatic carbocycles. The quantitative estimate of drug-likeness (QED) is 0.744. The van der Waals surface area contributed by atoms with E-state index < -0.39 is 0 Å². The lowest BCUT2D eigenvalue weighted by atomic mass is 10.1. The molecule has 1 aromatic carbocycles. The van der Waals surface area contributed by atoms with Gasteiger partial charge in [0.15, 0.2) is 0 Å². The molecule has 17 heavy (non-hydrogen) atoms. The minimum atomic E-state index is 0.620. The smallest absolute Gasteiger partial charge is 0.0935 e. The predicted octanol–water partition coefficient (Wildman–Crippen LogP) is 5.32. The first kappa shape index (κ1) is 12.9. The molecular weight excluding hydrogens is 273 g/mol. The zero-order valence-electron chi connectivity index (χ0n) is 9.71. The van der Waals surface area contributed by atoms with Gasteiger partial charge in [-0.1, -0.05) is 37.0 Å². The number of rotatable bonds is 3. The fourth-order valence-corrected chi connectivity index (χ4v) is 3.09. The third-order valence-electron chi connectivity index (χ3n) is 2.34. The summed E-state index contributed by atoms with van der Waals surface area (Å²) in [5, 5.41) is 4.50. The SMILES string of the molecule is CC(C)Cc1nc(-c2ccc(Cl)cc2Cl)cs1. The number of aromatic nitrogens is 1. The monoisotopic (exact) mass is 285 g/mol. The molecule has 0 fully saturated rings. The van der Waals surface area contributed by atoms with Crippen LogP contribution in [0.15, 0.2) is 23.6 Å². The van der Waals surface area contributed by atoms with E-state index in [1.807, 2.05) is 17.5 Å². The van der Waals surface area contributed by atoms with Crippen molar-refractivity contribution in [3.05, 3.63) is 38.6 Å². The molecule has 0 saturated heterocycles. The summed E-state index contributed by atoms with van der Waals surface area (Å²) in [6, 6.07) is 5.50. The van der Waals surface area contributed by atoms with Crippen LogP contribution in [-0.2, 0) is 6.42 Å². The molecule has 2 aromatic rings. The van der Waals surface area contributed by atoms with E-state index in [0.29, 0.717) is 16.0 Å². The second-order valence-corrected chi connectivity index (χ2v) is 6.13. The lowest BCUT2D eigenvalue weighted by Crippen LogP contribution is -1.92. The summed E-state index contributed by atoms with van der Waals surface area (Å²) < 4.78 is 0. The van der Waals surface area contributed by atoms with Crippen molar-refractivity contribution < 1.29 is 0 Å². The fraction of sp³-hybridized carbons (Fsp3) is 0.308. The number of nitrogens with zero attached hydrogens (tertiary/aromatic N) is 1. The van der Waals surface area contributed by atoms with Gasteiger partial charge in [-0.25, -0.2) is 4.98 Å². The highest BCUT2D eigenvalue weighted by Gasteiger charge is 2.09. The van der Waals surface area contributed by atoms with E-state index in [0.717, 1.165) is 22.7 Å². The molecule has 1 aromatic heterocycles. The van der Waals surface area contributed by atoms with Gasteiger partial charge in [0.1, 0.15) is 0 Å². The van der Waals surface area contributed by atoms with Gasteiger partial charge in [0.2, 0.25) is 0 Å². The van der Waals surface area contributed by atoms with Crippen molar-refractivity contribution >= 4 is 34.5 Å². The molecule has 0 spiro atoms. The molecule has 0 unspecified atom stereocenters. The van der Waals surface area contributed by atoms with Gasteiger partial charge in [0, 0.05) is 22.4 Å². The van der Waals surface area contributed by atoms with Gasteiger partial charge in [-0.3, -0.25) is 0 Å². The first-order valence-corrected chi connectivity index (χ1v) is 7.09. The zero-order chi connectivity index (χ0) is 12.4. The van der Waals surface area contributed by atoms with E-state index >= 15 is 0 Å². The van der Waals surface area contributed by atoms with E-state index in [4.69, 9.17) is 23.2 Å². The zero-order valence-corrected chi connectivity index (χ0v) is 12.0. The minimum absolute atomic E-state index is 0.620. The first-order chi connectivity index (χ1) is 8.06. The van der Waals surface area contributed by atoms with Crippen LogP contribution in [0.1, 0.15) is 18.9 Å². The molecular formula is C13H13Cl2NS. The lowest BCUT2D eigenvalue weighted by molar-refractivity contribution is 0.645.